The molecule has 26 heavy (non-hydrogen) atoms. The fourth-order valence-electron chi connectivity index (χ4n) is 2.57. The van der Waals surface area contributed by atoms with Gasteiger partial charge in [-0.15, -0.1) is 11.3 Å². The van der Waals surface area contributed by atoms with Crippen LogP contribution in [0.5, 0.6) is 0 Å². The highest BCUT2D eigenvalue weighted by Gasteiger charge is 2.27. The maximum atomic E-state index is 13.2. The van der Waals surface area contributed by atoms with Crippen LogP contribution in [0.2, 0.25) is 0 Å². The molecule has 3 aromatic rings. The Kier molecular flexibility index (Phi) is 4.54. The largest absolute Gasteiger partial charge is 0.321 e. The van der Waals surface area contributed by atoms with E-state index < -0.39 is 10.6 Å². The normalized spacial score (nSPS) is 16.5. The van der Waals surface area contributed by atoms with E-state index in [1.165, 1.54) is 23.5 Å². The molecule has 0 saturated carbocycles. The Bertz CT molecular complexity index is 951. The molecule has 7 heteroatoms. The van der Waals surface area contributed by atoms with Gasteiger partial charge in [-0.1, -0.05) is 18.2 Å². The first-order valence-electron chi connectivity index (χ1n) is 7.88. The minimum Gasteiger partial charge on any atom is -0.321 e. The van der Waals surface area contributed by atoms with E-state index in [0.717, 1.165) is 15.3 Å². The van der Waals surface area contributed by atoms with Gasteiger partial charge in [-0.25, -0.2) is 12.8 Å². The second-order valence-corrected chi connectivity index (χ2v) is 9.35. The van der Waals surface area contributed by atoms with Crippen LogP contribution in [0.3, 0.4) is 0 Å². The van der Waals surface area contributed by atoms with E-state index in [2.05, 4.69) is 5.32 Å². The first-order valence-corrected chi connectivity index (χ1v) is 10.6. The summed E-state index contributed by atoms with van der Waals surface area (Å²) in [6.07, 6.45) is 1.96. The van der Waals surface area contributed by atoms with Gasteiger partial charge in [0, 0.05) is 16.8 Å². The van der Waals surface area contributed by atoms with Gasteiger partial charge in [0.15, 0.2) is 6.79 Å². The molecule has 4 rings (SSSR count). The molecule has 4 nitrogen and oxygen atoms in total. The molecule has 1 N–H and O–H groups in total. The third kappa shape index (κ3) is 3.39. The van der Waals surface area contributed by atoms with Crippen molar-refractivity contribution < 1.29 is 17.6 Å². The van der Waals surface area contributed by atoms with Crippen molar-refractivity contribution in [2.75, 3.05) is 18.4 Å². The van der Waals surface area contributed by atoms with Crippen LogP contribution in [0.25, 0.3) is 10.4 Å². The number of carbonyl (C=O) groups excluding carboxylic acids is 1. The van der Waals surface area contributed by atoms with Crippen molar-refractivity contribution in [3.05, 3.63) is 71.4 Å². The first kappa shape index (κ1) is 17.2. The summed E-state index contributed by atoms with van der Waals surface area (Å²) in [7, 11) is -1.55. The second kappa shape index (κ2) is 6.85. The van der Waals surface area contributed by atoms with Crippen LogP contribution in [0, 0.1) is 5.82 Å². The molecule has 0 unspecified atom stereocenters. The van der Waals surface area contributed by atoms with Crippen molar-refractivity contribution in [2.24, 2.45) is 0 Å². The summed E-state index contributed by atoms with van der Waals surface area (Å²) in [5.41, 5.74) is 1.46. The minimum atomic E-state index is -1.55. The van der Waals surface area contributed by atoms with Crippen LogP contribution >= 0.6 is 21.9 Å². The summed E-state index contributed by atoms with van der Waals surface area (Å²) < 4.78 is 24.3. The lowest BCUT2D eigenvalue weighted by atomic mass is 10.2. The van der Waals surface area contributed by atoms with Crippen molar-refractivity contribution >= 4 is 33.5 Å². The molecule has 0 aliphatic carbocycles. The monoisotopic (exact) mass is 389 g/mol. The lowest BCUT2D eigenvalue weighted by molar-refractivity contribution is 0.0490. The van der Waals surface area contributed by atoms with Gasteiger partial charge in [0.25, 0.3) is 5.91 Å². The van der Waals surface area contributed by atoms with Crippen molar-refractivity contribution in [3.63, 3.8) is 0 Å². The number of benzene rings is 2. The standard InChI is InChI=1S/C19H16FNO3S2/c1-26(23-12-24-26)16-7-5-13(6-8-16)17-9-10-18(25-17)19(22)21-15-4-2-3-14(20)11-15/h2-11H,12H2,1H3,(H,21,22). The highest BCUT2D eigenvalue weighted by molar-refractivity contribution is 8.26. The van der Waals surface area contributed by atoms with Crippen molar-refractivity contribution in [1.82, 2.24) is 0 Å². The smallest absolute Gasteiger partial charge is 0.265 e. The molecule has 0 bridgehead atoms. The molecule has 1 saturated heterocycles. The number of halogens is 1. The zero-order valence-corrected chi connectivity index (χ0v) is 15.5. The van der Waals surface area contributed by atoms with Crippen LogP contribution in [-0.4, -0.2) is 19.0 Å². The summed E-state index contributed by atoms with van der Waals surface area (Å²) >= 11 is 1.39. The number of carbonyl (C=O) groups is 1. The number of nitrogens with one attached hydrogen (secondary N) is 1. The molecule has 134 valence electrons. The van der Waals surface area contributed by atoms with Crippen molar-refractivity contribution in [3.8, 4) is 10.4 Å². The Hall–Kier alpha value is -2.19. The summed E-state index contributed by atoms with van der Waals surface area (Å²) in [4.78, 5) is 14.9. The highest BCUT2D eigenvalue weighted by Crippen LogP contribution is 2.60. The van der Waals surface area contributed by atoms with Gasteiger partial charge in [0.2, 0.25) is 0 Å². The van der Waals surface area contributed by atoms with Gasteiger partial charge >= 0.3 is 0 Å². The number of hydrogen-bond acceptors (Lipinski definition) is 4. The molecule has 2 aromatic carbocycles. The van der Waals surface area contributed by atoms with E-state index >= 15 is 0 Å². The molecule has 1 amide bonds. The van der Waals surface area contributed by atoms with Gasteiger partial charge in [-0.2, -0.15) is 10.6 Å². The average Bonchev–Trinajstić information content (AvgIpc) is 3.10. The van der Waals surface area contributed by atoms with Gasteiger partial charge in [0.05, 0.1) is 9.77 Å². The van der Waals surface area contributed by atoms with E-state index in [0.29, 0.717) is 17.4 Å². The van der Waals surface area contributed by atoms with Gasteiger partial charge < -0.3 is 5.32 Å². The lowest BCUT2D eigenvalue weighted by Gasteiger charge is -2.46. The third-order valence-electron chi connectivity index (χ3n) is 4.03. The third-order valence-corrected chi connectivity index (χ3v) is 7.38. The average molecular weight is 389 g/mol. The fraction of sp³-hybridized carbons (Fsp3) is 0.105. The summed E-state index contributed by atoms with van der Waals surface area (Å²) in [5.74, 6) is -0.637. The van der Waals surface area contributed by atoms with E-state index in [-0.39, 0.29) is 11.7 Å². The molecule has 1 aromatic heterocycles. The minimum absolute atomic E-state index is 0.253. The molecule has 1 aliphatic heterocycles. The maximum absolute atomic E-state index is 13.2. The van der Waals surface area contributed by atoms with Crippen LogP contribution in [-0.2, 0) is 8.37 Å². The lowest BCUT2D eigenvalue weighted by Crippen LogP contribution is -2.20. The van der Waals surface area contributed by atoms with Crippen LogP contribution in [0.1, 0.15) is 9.67 Å². The molecule has 2 heterocycles. The molecule has 1 fully saturated rings. The Labute approximate surface area is 156 Å². The zero-order chi connectivity index (χ0) is 18.1. The molecular weight excluding hydrogens is 373 g/mol. The predicted octanol–water partition coefficient (Wildman–Crippen LogP) is 5.43. The Morgan fingerprint density at radius 1 is 1.12 bits per heavy atom. The Balaban J connectivity index is 1.49. The summed E-state index contributed by atoms with van der Waals surface area (Å²) in [6.45, 7) is 0.349. The number of hydrogen-bond donors (Lipinski definition) is 1. The van der Waals surface area contributed by atoms with E-state index in [1.807, 2.05) is 36.6 Å². The second-order valence-electron chi connectivity index (χ2n) is 5.78. The number of rotatable bonds is 4. The van der Waals surface area contributed by atoms with Crippen LogP contribution in [0.4, 0.5) is 10.1 Å². The summed E-state index contributed by atoms with van der Waals surface area (Å²) in [5, 5.41) is 2.71. The number of anilines is 1. The van der Waals surface area contributed by atoms with Gasteiger partial charge in [-0.05, 0) is 48.0 Å². The summed E-state index contributed by atoms with van der Waals surface area (Å²) in [6, 6.07) is 17.5. The topological polar surface area (TPSA) is 47.6 Å². The van der Waals surface area contributed by atoms with Crippen LogP contribution < -0.4 is 5.32 Å². The van der Waals surface area contributed by atoms with Crippen molar-refractivity contribution in [1.29, 1.82) is 0 Å². The predicted molar refractivity (Wildman–Crippen MR) is 103 cm³/mol. The first-order chi connectivity index (χ1) is 12.5. The molecule has 0 atom stereocenters. The van der Waals surface area contributed by atoms with E-state index in [1.54, 1.807) is 18.2 Å². The molecular formula is C19H16FNO3S2. The maximum Gasteiger partial charge on any atom is 0.265 e. The van der Waals surface area contributed by atoms with E-state index in [9.17, 15) is 9.18 Å². The molecule has 0 spiro atoms. The zero-order valence-electron chi connectivity index (χ0n) is 13.9. The SMILES string of the molecule is CS1(c2ccc(-c3ccc(C(=O)Nc4cccc(F)c4)s3)cc2)OCO1. The quantitative estimate of drug-likeness (QED) is 0.647. The Morgan fingerprint density at radius 3 is 2.54 bits per heavy atom. The van der Waals surface area contributed by atoms with Crippen molar-refractivity contribution in [2.45, 2.75) is 4.90 Å². The van der Waals surface area contributed by atoms with Gasteiger partial charge in [0.1, 0.15) is 5.82 Å². The highest BCUT2D eigenvalue weighted by atomic mass is 32.3. The fourth-order valence-corrected chi connectivity index (χ4v) is 4.76. The Morgan fingerprint density at radius 2 is 1.88 bits per heavy atom. The number of amides is 1. The van der Waals surface area contributed by atoms with E-state index in [4.69, 9.17) is 8.37 Å². The number of thiophene rings is 1. The molecule has 0 radical (unpaired) electrons. The van der Waals surface area contributed by atoms with Crippen LogP contribution in [0.15, 0.2) is 65.6 Å². The molecule has 1 aliphatic rings. The van der Waals surface area contributed by atoms with Gasteiger partial charge in [-0.3, -0.25) is 4.79 Å².